The molecule has 0 aliphatic carbocycles. The van der Waals surface area contributed by atoms with Crippen molar-refractivity contribution >= 4 is 18.6 Å². The quantitative estimate of drug-likeness (QED) is 0.828. The lowest BCUT2D eigenvalue weighted by Crippen LogP contribution is -2.06. The van der Waals surface area contributed by atoms with Gasteiger partial charge in [0, 0.05) is 12.8 Å². The van der Waals surface area contributed by atoms with Crippen LogP contribution < -0.4 is 9.47 Å². The maximum atomic E-state index is 5.59. The summed E-state index contributed by atoms with van der Waals surface area (Å²) >= 11 is 0. The Kier molecular flexibility index (Phi) is 5.29. The highest BCUT2D eigenvalue weighted by atomic mass is 35.5. The molecule has 0 atom stereocenters. The van der Waals surface area contributed by atoms with Crippen LogP contribution in [-0.2, 0) is 6.42 Å². The normalized spacial score (nSPS) is 12.6. The molecule has 17 heavy (non-hydrogen) atoms. The lowest BCUT2D eigenvalue weighted by Gasteiger charge is -2.16. The molecule has 0 saturated carbocycles. The summed E-state index contributed by atoms with van der Waals surface area (Å²) in [5.74, 6) is 1.66. The fraction of sp³-hybridized carbons (Fsp3) is 0.462. The van der Waals surface area contributed by atoms with Gasteiger partial charge in [-0.15, -0.1) is 12.4 Å². The van der Waals surface area contributed by atoms with Gasteiger partial charge in [-0.3, -0.25) is 4.99 Å². The van der Waals surface area contributed by atoms with Crippen molar-refractivity contribution in [1.82, 2.24) is 0 Å². The Morgan fingerprint density at radius 1 is 1.12 bits per heavy atom. The van der Waals surface area contributed by atoms with E-state index in [0.717, 1.165) is 30.0 Å². The Hall–Kier alpha value is -1.22. The van der Waals surface area contributed by atoms with Gasteiger partial charge < -0.3 is 9.47 Å². The first-order valence-corrected chi connectivity index (χ1v) is 5.77. The third kappa shape index (κ3) is 3.13. The summed E-state index contributed by atoms with van der Waals surface area (Å²) in [5, 5.41) is 0. The van der Waals surface area contributed by atoms with Crippen molar-refractivity contribution in [1.29, 1.82) is 0 Å². The van der Waals surface area contributed by atoms with Crippen LogP contribution in [0.15, 0.2) is 17.1 Å². The minimum Gasteiger partial charge on any atom is -0.490 e. The number of nitrogens with zero attached hydrogens (tertiary/aromatic N) is 1. The van der Waals surface area contributed by atoms with E-state index in [0.29, 0.717) is 13.2 Å². The lowest BCUT2D eigenvalue weighted by molar-refractivity contribution is 0.287. The minimum atomic E-state index is 0. The molecule has 2 rings (SSSR count). The highest BCUT2D eigenvalue weighted by molar-refractivity contribution is 5.85. The zero-order chi connectivity index (χ0) is 11.4. The maximum Gasteiger partial charge on any atom is 0.161 e. The van der Waals surface area contributed by atoms with E-state index in [9.17, 15) is 0 Å². The van der Waals surface area contributed by atoms with Crippen LogP contribution in [0.2, 0.25) is 0 Å². The zero-order valence-electron chi connectivity index (χ0n) is 10.2. The van der Waals surface area contributed by atoms with Crippen LogP contribution in [0.5, 0.6) is 11.5 Å². The van der Waals surface area contributed by atoms with Crippen LogP contribution >= 0.6 is 12.4 Å². The third-order valence-corrected chi connectivity index (χ3v) is 2.55. The van der Waals surface area contributed by atoms with Gasteiger partial charge >= 0.3 is 0 Å². The molecule has 1 heterocycles. The van der Waals surface area contributed by atoms with Gasteiger partial charge in [0.1, 0.15) is 0 Å². The number of halogens is 1. The van der Waals surface area contributed by atoms with Crippen molar-refractivity contribution in [2.75, 3.05) is 19.8 Å². The fourth-order valence-corrected chi connectivity index (χ4v) is 1.84. The zero-order valence-corrected chi connectivity index (χ0v) is 11.0. The molecule has 4 heteroatoms. The summed E-state index contributed by atoms with van der Waals surface area (Å²) in [7, 11) is 0. The summed E-state index contributed by atoms with van der Waals surface area (Å²) in [4.78, 5) is 4.27. The highest BCUT2D eigenvalue weighted by Gasteiger charge is 2.12. The second-order valence-corrected chi connectivity index (χ2v) is 3.65. The Morgan fingerprint density at radius 2 is 1.76 bits per heavy atom. The molecule has 0 fully saturated rings. The second-order valence-electron chi connectivity index (χ2n) is 3.65. The summed E-state index contributed by atoms with van der Waals surface area (Å²) < 4.78 is 11.2. The van der Waals surface area contributed by atoms with Gasteiger partial charge in [-0.05, 0) is 43.5 Å². The molecule has 3 nitrogen and oxygen atoms in total. The molecule has 0 saturated heterocycles. The number of fused-ring (bicyclic) bond motifs is 1. The first-order chi connectivity index (χ1) is 7.85. The fourth-order valence-electron chi connectivity index (χ4n) is 1.84. The number of hydrogen-bond acceptors (Lipinski definition) is 3. The molecular weight excluding hydrogens is 238 g/mol. The molecule has 1 aliphatic rings. The molecule has 1 aromatic rings. The molecule has 0 spiro atoms. The van der Waals surface area contributed by atoms with Crippen LogP contribution in [0.4, 0.5) is 0 Å². The first kappa shape index (κ1) is 13.8. The maximum absolute atomic E-state index is 5.59. The van der Waals surface area contributed by atoms with Crippen molar-refractivity contribution in [3.63, 3.8) is 0 Å². The molecule has 0 amide bonds. The highest BCUT2D eigenvalue weighted by Crippen LogP contribution is 2.31. The predicted octanol–water partition coefficient (Wildman–Crippen LogP) is 2.88. The monoisotopic (exact) mass is 255 g/mol. The largest absolute Gasteiger partial charge is 0.490 e. The van der Waals surface area contributed by atoms with Crippen LogP contribution in [-0.4, -0.2) is 26.0 Å². The Bertz CT molecular complexity index is 405. The van der Waals surface area contributed by atoms with Crippen molar-refractivity contribution < 1.29 is 9.47 Å². The van der Waals surface area contributed by atoms with Gasteiger partial charge in [0.25, 0.3) is 0 Å². The standard InChI is InChI=1S/C13H17NO2.ClH/c1-3-15-12-7-10-5-6-14-9-11(10)8-13(12)16-4-2;/h7-9H,3-6H2,1-2H3;1H. The summed E-state index contributed by atoms with van der Waals surface area (Å²) in [6.07, 6.45) is 2.90. The molecule has 0 unspecified atom stereocenters. The molecule has 1 aromatic carbocycles. The molecule has 0 bridgehead atoms. The van der Waals surface area contributed by atoms with E-state index in [-0.39, 0.29) is 12.4 Å². The molecule has 0 N–H and O–H groups in total. The van der Waals surface area contributed by atoms with Gasteiger partial charge in [0.05, 0.1) is 13.2 Å². The molecule has 1 aliphatic heterocycles. The van der Waals surface area contributed by atoms with Crippen molar-refractivity contribution in [2.24, 2.45) is 4.99 Å². The molecule has 0 radical (unpaired) electrons. The van der Waals surface area contributed by atoms with E-state index < -0.39 is 0 Å². The van der Waals surface area contributed by atoms with E-state index in [1.807, 2.05) is 26.1 Å². The lowest BCUT2D eigenvalue weighted by atomic mass is 10.0. The molecule has 94 valence electrons. The summed E-state index contributed by atoms with van der Waals surface area (Å²) in [5.41, 5.74) is 2.44. The Balaban J connectivity index is 0.00000144. The van der Waals surface area contributed by atoms with E-state index in [2.05, 4.69) is 11.1 Å². The summed E-state index contributed by atoms with van der Waals surface area (Å²) in [6, 6.07) is 4.10. The van der Waals surface area contributed by atoms with Crippen LogP contribution in [0.1, 0.15) is 25.0 Å². The first-order valence-electron chi connectivity index (χ1n) is 5.77. The predicted molar refractivity (Wildman–Crippen MR) is 72.2 cm³/mol. The Labute approximate surface area is 108 Å². The van der Waals surface area contributed by atoms with E-state index in [4.69, 9.17) is 9.47 Å². The van der Waals surface area contributed by atoms with Gasteiger partial charge in [-0.25, -0.2) is 0 Å². The van der Waals surface area contributed by atoms with Gasteiger partial charge in [0.2, 0.25) is 0 Å². The van der Waals surface area contributed by atoms with Crippen LogP contribution in [0.3, 0.4) is 0 Å². The van der Waals surface area contributed by atoms with Gasteiger partial charge in [-0.2, -0.15) is 0 Å². The van der Waals surface area contributed by atoms with Crippen LogP contribution in [0, 0.1) is 0 Å². The van der Waals surface area contributed by atoms with Crippen molar-refractivity contribution in [2.45, 2.75) is 20.3 Å². The smallest absolute Gasteiger partial charge is 0.161 e. The molecular formula is C13H18ClNO2. The molecule has 0 aromatic heterocycles. The number of ether oxygens (including phenoxy) is 2. The number of rotatable bonds is 4. The summed E-state index contributed by atoms with van der Waals surface area (Å²) in [6.45, 7) is 6.13. The third-order valence-electron chi connectivity index (χ3n) is 2.55. The van der Waals surface area contributed by atoms with E-state index in [1.54, 1.807) is 0 Å². The van der Waals surface area contributed by atoms with Crippen molar-refractivity contribution in [3.05, 3.63) is 23.3 Å². The van der Waals surface area contributed by atoms with E-state index in [1.165, 1.54) is 5.56 Å². The SMILES string of the molecule is CCOc1cc2c(cc1OCC)CCN=C2.Cl. The average Bonchev–Trinajstić information content (AvgIpc) is 2.30. The second kappa shape index (κ2) is 6.50. The number of hydrogen-bond donors (Lipinski definition) is 0. The topological polar surface area (TPSA) is 30.8 Å². The Morgan fingerprint density at radius 3 is 2.41 bits per heavy atom. The van der Waals surface area contributed by atoms with E-state index >= 15 is 0 Å². The van der Waals surface area contributed by atoms with Gasteiger partial charge in [0.15, 0.2) is 11.5 Å². The minimum absolute atomic E-state index is 0. The average molecular weight is 256 g/mol. The van der Waals surface area contributed by atoms with Crippen molar-refractivity contribution in [3.8, 4) is 11.5 Å². The van der Waals surface area contributed by atoms with Gasteiger partial charge in [-0.1, -0.05) is 0 Å². The number of benzene rings is 1. The van der Waals surface area contributed by atoms with Crippen LogP contribution in [0.25, 0.3) is 0 Å². The number of aliphatic imine (C=N–C) groups is 1.